The van der Waals surface area contributed by atoms with E-state index in [1.165, 1.54) is 54.4 Å². The molecule has 322 valence electrons. The van der Waals surface area contributed by atoms with Gasteiger partial charge in [-0.1, -0.05) is 170 Å². The van der Waals surface area contributed by atoms with Crippen LogP contribution in [-0.2, 0) is 0 Å². The molecule has 6 heteroatoms. The Bertz CT molecular complexity index is 4210. The van der Waals surface area contributed by atoms with Crippen molar-refractivity contribution in [1.82, 2.24) is 28.7 Å². The lowest BCUT2D eigenvalue weighted by Crippen LogP contribution is -2.01. The van der Waals surface area contributed by atoms with Crippen LogP contribution < -0.4 is 0 Å². The Labute approximate surface area is 397 Å². The second-order valence-corrected chi connectivity index (χ2v) is 17.6. The maximum atomic E-state index is 5.15. The summed E-state index contributed by atoms with van der Waals surface area (Å²) < 4.78 is 7.30. The number of aromatic nitrogens is 6. The van der Waals surface area contributed by atoms with Crippen LogP contribution in [0.2, 0.25) is 0 Å². The highest BCUT2D eigenvalue weighted by Gasteiger charge is 2.23. The molecule has 0 fully saturated rings. The summed E-state index contributed by atoms with van der Waals surface area (Å²) >= 11 is 0. The van der Waals surface area contributed by atoms with Gasteiger partial charge < -0.3 is 13.7 Å². The van der Waals surface area contributed by atoms with E-state index in [2.05, 4.69) is 232 Å². The first kappa shape index (κ1) is 38.8. The summed E-state index contributed by atoms with van der Waals surface area (Å²) in [6.07, 6.45) is 0. The molecule has 0 radical (unpaired) electrons. The maximum absolute atomic E-state index is 5.15. The van der Waals surface area contributed by atoms with Crippen LogP contribution >= 0.6 is 0 Å². The fourth-order valence-electron chi connectivity index (χ4n) is 10.5. The van der Waals surface area contributed by atoms with E-state index in [9.17, 15) is 0 Å². The van der Waals surface area contributed by atoms with E-state index in [4.69, 9.17) is 15.0 Å². The summed E-state index contributed by atoms with van der Waals surface area (Å²) in [6, 6.07) is 86.3. The van der Waals surface area contributed by atoms with Gasteiger partial charge in [0.15, 0.2) is 17.5 Å². The predicted molar refractivity (Wildman–Crippen MR) is 285 cm³/mol. The van der Waals surface area contributed by atoms with Crippen molar-refractivity contribution in [3.05, 3.63) is 243 Å². The summed E-state index contributed by atoms with van der Waals surface area (Å²) in [6.45, 7) is 0. The molecule has 6 nitrogen and oxygen atoms in total. The normalized spacial score (nSPS) is 11.8. The lowest BCUT2D eigenvalue weighted by Gasteiger charge is -2.13. The number of para-hydroxylation sites is 4. The van der Waals surface area contributed by atoms with Gasteiger partial charge in [-0.2, -0.15) is 0 Å². The van der Waals surface area contributed by atoms with Crippen LogP contribution in [0.25, 0.3) is 128 Å². The average Bonchev–Trinajstić information content (AvgIpc) is 4.07. The van der Waals surface area contributed by atoms with Crippen molar-refractivity contribution < 1.29 is 0 Å². The molecule has 0 unspecified atom stereocenters. The van der Waals surface area contributed by atoms with E-state index < -0.39 is 0 Å². The van der Waals surface area contributed by atoms with Crippen LogP contribution in [0.5, 0.6) is 0 Å². The lowest BCUT2D eigenvalue weighted by atomic mass is 10.0. The third kappa shape index (κ3) is 6.23. The molecule has 4 heterocycles. The zero-order valence-corrected chi connectivity index (χ0v) is 37.3. The SMILES string of the molecule is c1ccc(-c2ccc(-c3nc(-c4ccccc4)nc(-c4ccc(-n5c6ccc(-n7c8ccccc8c8ccccc87)cc6c6ccc7c8ccccc8n(-c8ccccc8)c7c65)cc4)n3)cc2)cc1. The highest BCUT2D eigenvalue weighted by Crippen LogP contribution is 2.43. The zero-order chi connectivity index (χ0) is 45.4. The number of nitrogens with zero attached hydrogens (tertiary/aromatic N) is 6. The Morgan fingerprint density at radius 1 is 0.217 bits per heavy atom. The van der Waals surface area contributed by atoms with Crippen molar-refractivity contribution in [3.8, 4) is 62.4 Å². The number of benzene rings is 10. The van der Waals surface area contributed by atoms with Crippen LogP contribution in [0.15, 0.2) is 243 Å². The van der Waals surface area contributed by atoms with Gasteiger partial charge in [0.1, 0.15) is 0 Å². The van der Waals surface area contributed by atoms with Gasteiger partial charge >= 0.3 is 0 Å². The predicted octanol–water partition coefficient (Wildman–Crippen LogP) is 15.8. The van der Waals surface area contributed by atoms with Crippen LogP contribution in [-0.4, -0.2) is 28.7 Å². The summed E-state index contributed by atoms with van der Waals surface area (Å²) in [5, 5.41) is 7.25. The second-order valence-electron chi connectivity index (χ2n) is 17.6. The molecule has 0 N–H and O–H groups in total. The molecule has 0 amide bonds. The molecule has 14 aromatic rings. The lowest BCUT2D eigenvalue weighted by molar-refractivity contribution is 1.07. The fourth-order valence-corrected chi connectivity index (χ4v) is 10.5. The minimum absolute atomic E-state index is 0.613. The van der Waals surface area contributed by atoms with Crippen molar-refractivity contribution in [2.24, 2.45) is 0 Å². The van der Waals surface area contributed by atoms with Crippen molar-refractivity contribution in [1.29, 1.82) is 0 Å². The maximum Gasteiger partial charge on any atom is 0.164 e. The monoisotopic (exact) mass is 880 g/mol. The Hall–Kier alpha value is -9.39. The molecule has 0 saturated carbocycles. The largest absolute Gasteiger partial charge is 0.309 e. The van der Waals surface area contributed by atoms with E-state index in [0.717, 1.165) is 55.9 Å². The first-order valence-electron chi connectivity index (χ1n) is 23.4. The number of hydrogen-bond donors (Lipinski definition) is 0. The van der Waals surface area contributed by atoms with Crippen molar-refractivity contribution in [2.75, 3.05) is 0 Å². The molecule has 0 aliphatic rings. The van der Waals surface area contributed by atoms with Crippen LogP contribution in [0, 0.1) is 0 Å². The quantitative estimate of drug-likeness (QED) is 0.160. The van der Waals surface area contributed by atoms with Crippen LogP contribution in [0.3, 0.4) is 0 Å². The van der Waals surface area contributed by atoms with Gasteiger partial charge in [0.05, 0.1) is 33.1 Å². The van der Waals surface area contributed by atoms with E-state index in [1.807, 2.05) is 24.3 Å². The summed E-state index contributed by atoms with van der Waals surface area (Å²) in [5.41, 5.74) is 15.3. The molecule has 0 atom stereocenters. The molecule has 0 saturated heterocycles. The van der Waals surface area contributed by atoms with E-state index >= 15 is 0 Å². The van der Waals surface area contributed by atoms with Gasteiger partial charge in [-0.25, -0.2) is 15.0 Å². The molecular formula is C63H40N6. The number of rotatable bonds is 7. The molecule has 4 aromatic heterocycles. The molecule has 14 rings (SSSR count). The Balaban J connectivity index is 0.986. The standard InChI is InChI=1S/C63H40N6/c1-4-16-41(17-5-1)42-28-30-44(31-29-42)62-64-61(43-18-6-2-7-19-43)65-63(66-62)45-32-34-47(35-33-45)69-58-39-36-48(67-55-25-13-10-22-49(55)50-23-11-14-26-56(50)67)40-54(58)53-38-37-52-51-24-12-15-27-57(51)68(59(52)60(53)69)46-20-8-3-9-21-46/h1-40H. The van der Waals surface area contributed by atoms with Crippen molar-refractivity contribution in [3.63, 3.8) is 0 Å². The Morgan fingerprint density at radius 2 is 0.565 bits per heavy atom. The molecular weight excluding hydrogens is 841 g/mol. The van der Waals surface area contributed by atoms with Crippen molar-refractivity contribution in [2.45, 2.75) is 0 Å². The molecule has 0 aliphatic heterocycles. The third-order valence-corrected chi connectivity index (χ3v) is 13.7. The smallest absolute Gasteiger partial charge is 0.164 e. The van der Waals surface area contributed by atoms with Gasteiger partial charge in [0, 0.05) is 66.1 Å². The topological polar surface area (TPSA) is 53.5 Å². The average molecular weight is 881 g/mol. The summed E-state index contributed by atoms with van der Waals surface area (Å²) in [5.74, 6) is 1.87. The highest BCUT2D eigenvalue weighted by atomic mass is 15.1. The fraction of sp³-hybridized carbons (Fsp3) is 0. The molecule has 10 aromatic carbocycles. The molecule has 0 spiro atoms. The van der Waals surface area contributed by atoms with E-state index in [0.29, 0.717) is 17.5 Å². The highest BCUT2D eigenvalue weighted by molar-refractivity contribution is 6.24. The summed E-state index contributed by atoms with van der Waals surface area (Å²) in [7, 11) is 0. The van der Waals surface area contributed by atoms with Gasteiger partial charge in [-0.3, -0.25) is 0 Å². The van der Waals surface area contributed by atoms with E-state index in [-0.39, 0.29) is 0 Å². The minimum atomic E-state index is 0.613. The van der Waals surface area contributed by atoms with E-state index in [1.54, 1.807) is 0 Å². The van der Waals surface area contributed by atoms with Crippen molar-refractivity contribution >= 4 is 65.4 Å². The number of fused-ring (bicyclic) bond motifs is 10. The zero-order valence-electron chi connectivity index (χ0n) is 37.3. The Kier molecular flexibility index (Phi) is 8.79. The van der Waals surface area contributed by atoms with Gasteiger partial charge in [0.25, 0.3) is 0 Å². The molecule has 0 bridgehead atoms. The van der Waals surface area contributed by atoms with Crippen LogP contribution in [0.1, 0.15) is 0 Å². The third-order valence-electron chi connectivity index (χ3n) is 13.7. The molecule has 0 aliphatic carbocycles. The first-order valence-corrected chi connectivity index (χ1v) is 23.4. The Morgan fingerprint density at radius 3 is 1.12 bits per heavy atom. The first-order chi connectivity index (χ1) is 34.2. The second kappa shape index (κ2) is 15.6. The van der Waals surface area contributed by atoms with Gasteiger partial charge in [-0.05, 0) is 83.9 Å². The summed E-state index contributed by atoms with van der Waals surface area (Å²) in [4.78, 5) is 15.3. The van der Waals surface area contributed by atoms with Crippen LogP contribution in [0.4, 0.5) is 0 Å². The van der Waals surface area contributed by atoms with Gasteiger partial charge in [0.2, 0.25) is 0 Å². The van der Waals surface area contributed by atoms with Gasteiger partial charge in [-0.15, -0.1) is 0 Å². The minimum Gasteiger partial charge on any atom is -0.309 e. The molecule has 69 heavy (non-hydrogen) atoms. The number of hydrogen-bond acceptors (Lipinski definition) is 3.